The molecule has 0 saturated heterocycles. The molecule has 2 aromatic carbocycles. The summed E-state index contributed by atoms with van der Waals surface area (Å²) in [5, 5.41) is 10.3. The van der Waals surface area contributed by atoms with Crippen LogP contribution < -0.4 is 5.32 Å². The predicted molar refractivity (Wildman–Crippen MR) is 126 cm³/mol. The first kappa shape index (κ1) is 22.8. The average Bonchev–Trinajstić information content (AvgIpc) is 3.22. The fourth-order valence-corrected chi connectivity index (χ4v) is 3.90. The number of aromatic amines is 1. The van der Waals surface area contributed by atoms with Gasteiger partial charge in [-0.3, -0.25) is 14.8 Å². The molecule has 0 saturated carbocycles. The molecule has 3 rings (SSSR count). The summed E-state index contributed by atoms with van der Waals surface area (Å²) in [5.41, 5.74) is 3.53. The van der Waals surface area contributed by atoms with Crippen molar-refractivity contribution in [1.82, 2.24) is 15.1 Å². The lowest BCUT2D eigenvalue weighted by molar-refractivity contribution is -0.117. The third kappa shape index (κ3) is 7.08. The van der Waals surface area contributed by atoms with Crippen LogP contribution in [0.5, 0.6) is 0 Å². The number of H-pyrrole nitrogens is 1. The second-order valence-electron chi connectivity index (χ2n) is 7.27. The number of hydrogen-bond donors (Lipinski definition) is 2. The summed E-state index contributed by atoms with van der Waals surface area (Å²) in [7, 11) is 1.94. The van der Waals surface area contributed by atoms with Gasteiger partial charge in [-0.25, -0.2) is 4.39 Å². The van der Waals surface area contributed by atoms with Crippen molar-refractivity contribution >= 4 is 23.4 Å². The van der Waals surface area contributed by atoms with Crippen LogP contribution in [0.15, 0.2) is 72.1 Å². The van der Waals surface area contributed by atoms with Gasteiger partial charge in [-0.1, -0.05) is 18.2 Å². The zero-order valence-electron chi connectivity index (χ0n) is 17.6. The molecule has 0 spiro atoms. The number of nitrogens with zero attached hydrogens (tertiary/aromatic N) is 2. The molecule has 0 aliphatic rings. The first-order chi connectivity index (χ1) is 15.0. The van der Waals surface area contributed by atoms with Gasteiger partial charge in [0.1, 0.15) is 5.82 Å². The molecule has 31 heavy (non-hydrogen) atoms. The van der Waals surface area contributed by atoms with Crippen molar-refractivity contribution in [1.29, 1.82) is 0 Å². The number of likely N-dealkylation sites (N-methyl/N-ethyl adjacent to an activating group) is 1. The molecule has 1 heterocycles. The Morgan fingerprint density at radius 2 is 2.03 bits per heavy atom. The van der Waals surface area contributed by atoms with Crippen LogP contribution in [0.2, 0.25) is 0 Å². The maximum atomic E-state index is 13.1. The van der Waals surface area contributed by atoms with Gasteiger partial charge >= 0.3 is 0 Å². The monoisotopic (exact) mass is 438 g/mol. The summed E-state index contributed by atoms with van der Waals surface area (Å²) in [4.78, 5) is 15.5. The summed E-state index contributed by atoms with van der Waals surface area (Å²) >= 11 is 1.65. The lowest BCUT2D eigenvalue weighted by Crippen LogP contribution is -2.31. The molecule has 1 amide bonds. The van der Waals surface area contributed by atoms with Gasteiger partial charge in [0.05, 0.1) is 17.9 Å². The minimum atomic E-state index is -0.259. The van der Waals surface area contributed by atoms with Crippen molar-refractivity contribution in [2.24, 2.45) is 0 Å². The van der Waals surface area contributed by atoms with Crippen molar-refractivity contribution < 1.29 is 9.18 Å². The molecule has 2 N–H and O–H groups in total. The molecule has 0 unspecified atom stereocenters. The second kappa shape index (κ2) is 11.5. The van der Waals surface area contributed by atoms with E-state index in [0.29, 0.717) is 6.54 Å². The molecular formula is C24H27FN4OS. The minimum absolute atomic E-state index is 0.0331. The first-order valence-corrected chi connectivity index (χ1v) is 11.1. The van der Waals surface area contributed by atoms with E-state index in [2.05, 4.69) is 22.1 Å². The van der Waals surface area contributed by atoms with Gasteiger partial charge in [-0.05, 0) is 68.9 Å². The highest BCUT2D eigenvalue weighted by atomic mass is 32.2. The summed E-state index contributed by atoms with van der Waals surface area (Å²) in [6.07, 6.45) is 3.56. The van der Waals surface area contributed by atoms with Gasteiger partial charge in [0, 0.05) is 21.9 Å². The highest BCUT2D eigenvalue weighted by Crippen LogP contribution is 2.26. The zero-order valence-corrected chi connectivity index (χ0v) is 18.4. The van der Waals surface area contributed by atoms with E-state index in [1.807, 2.05) is 48.4 Å². The molecule has 0 atom stereocenters. The SMILES string of the molecule is C=CCSc1ccccc1NC(=O)CN(C)CCCc1cc(-c2ccc(F)cc2)n[nH]1. The molecule has 0 aliphatic heterocycles. The van der Waals surface area contributed by atoms with E-state index >= 15 is 0 Å². The van der Waals surface area contributed by atoms with Crippen LogP contribution in [0.3, 0.4) is 0 Å². The predicted octanol–water partition coefficient (Wildman–Crippen LogP) is 5.00. The highest BCUT2D eigenvalue weighted by Gasteiger charge is 2.10. The average molecular weight is 439 g/mol. The van der Waals surface area contributed by atoms with Crippen molar-refractivity contribution in [3.05, 3.63) is 78.8 Å². The van der Waals surface area contributed by atoms with E-state index in [4.69, 9.17) is 0 Å². The number of amides is 1. The zero-order chi connectivity index (χ0) is 22.1. The van der Waals surface area contributed by atoms with E-state index in [0.717, 1.165) is 52.7 Å². The van der Waals surface area contributed by atoms with E-state index in [1.165, 1.54) is 12.1 Å². The van der Waals surface area contributed by atoms with Crippen LogP contribution in [0, 0.1) is 5.82 Å². The number of halogens is 1. The lowest BCUT2D eigenvalue weighted by Gasteiger charge is -2.17. The molecule has 7 heteroatoms. The number of benzene rings is 2. The van der Waals surface area contributed by atoms with E-state index in [-0.39, 0.29) is 11.7 Å². The maximum absolute atomic E-state index is 13.1. The van der Waals surface area contributed by atoms with Gasteiger partial charge in [-0.15, -0.1) is 18.3 Å². The summed E-state index contributed by atoms with van der Waals surface area (Å²) in [5.74, 6) is 0.503. The molecule has 0 fully saturated rings. The van der Waals surface area contributed by atoms with Crippen LogP contribution >= 0.6 is 11.8 Å². The van der Waals surface area contributed by atoms with Gasteiger partial charge < -0.3 is 5.32 Å². The Bertz CT molecular complexity index is 1000. The summed E-state index contributed by atoms with van der Waals surface area (Å²) in [6, 6.07) is 16.1. The Hall–Kier alpha value is -2.90. The van der Waals surface area contributed by atoms with E-state index in [9.17, 15) is 9.18 Å². The Morgan fingerprint density at radius 1 is 1.26 bits per heavy atom. The van der Waals surface area contributed by atoms with Crippen LogP contribution in [-0.4, -0.2) is 46.9 Å². The molecular weight excluding hydrogens is 411 g/mol. The van der Waals surface area contributed by atoms with Crippen LogP contribution in [0.1, 0.15) is 12.1 Å². The van der Waals surface area contributed by atoms with E-state index < -0.39 is 0 Å². The van der Waals surface area contributed by atoms with Crippen molar-refractivity contribution in [2.75, 3.05) is 31.2 Å². The number of carbonyl (C=O) groups excluding carboxylic acids is 1. The number of aromatic nitrogens is 2. The Labute approximate surface area is 186 Å². The first-order valence-electron chi connectivity index (χ1n) is 10.2. The fraction of sp³-hybridized carbons (Fsp3) is 0.250. The van der Waals surface area contributed by atoms with Gasteiger partial charge in [0.15, 0.2) is 0 Å². The van der Waals surface area contributed by atoms with Gasteiger partial charge in [0.2, 0.25) is 5.91 Å². The van der Waals surface area contributed by atoms with Gasteiger partial charge in [-0.2, -0.15) is 5.10 Å². The number of thioether (sulfide) groups is 1. The van der Waals surface area contributed by atoms with Crippen LogP contribution in [-0.2, 0) is 11.2 Å². The third-order valence-electron chi connectivity index (χ3n) is 4.69. The minimum Gasteiger partial charge on any atom is -0.324 e. The number of carbonyl (C=O) groups is 1. The van der Waals surface area contributed by atoms with Crippen molar-refractivity contribution in [3.63, 3.8) is 0 Å². The molecule has 3 aromatic rings. The summed E-state index contributed by atoms with van der Waals surface area (Å²) < 4.78 is 13.1. The van der Waals surface area contributed by atoms with Crippen LogP contribution in [0.25, 0.3) is 11.3 Å². The molecule has 0 radical (unpaired) electrons. The van der Waals surface area contributed by atoms with Crippen LogP contribution in [0.4, 0.5) is 10.1 Å². The molecule has 1 aromatic heterocycles. The smallest absolute Gasteiger partial charge is 0.238 e. The number of rotatable bonds is 11. The molecule has 5 nitrogen and oxygen atoms in total. The Morgan fingerprint density at radius 3 is 2.81 bits per heavy atom. The van der Waals surface area contributed by atoms with E-state index in [1.54, 1.807) is 23.9 Å². The van der Waals surface area contributed by atoms with Crippen molar-refractivity contribution in [3.8, 4) is 11.3 Å². The third-order valence-corrected chi connectivity index (χ3v) is 5.76. The van der Waals surface area contributed by atoms with Gasteiger partial charge in [0.25, 0.3) is 0 Å². The number of para-hydroxylation sites is 1. The number of hydrogen-bond acceptors (Lipinski definition) is 4. The maximum Gasteiger partial charge on any atom is 0.238 e. The summed E-state index contributed by atoms with van der Waals surface area (Å²) in [6.45, 7) is 4.85. The van der Waals surface area contributed by atoms with Crippen molar-refractivity contribution in [2.45, 2.75) is 17.7 Å². The normalized spacial score (nSPS) is 10.9. The number of anilines is 1. The fourth-order valence-electron chi connectivity index (χ4n) is 3.16. The number of aryl methyl sites for hydroxylation is 1. The Balaban J connectivity index is 1.43. The molecule has 162 valence electrons. The lowest BCUT2D eigenvalue weighted by atomic mass is 10.1. The molecule has 0 bridgehead atoms. The Kier molecular flexibility index (Phi) is 8.44. The standard InChI is InChI=1S/C24H27FN4OS/c1-3-15-31-23-9-5-4-8-21(23)26-24(30)17-29(2)14-6-7-20-16-22(28-27-20)18-10-12-19(25)13-11-18/h3-5,8-13,16H,1,6-7,14-15,17H2,2H3,(H,26,30)(H,27,28). The number of nitrogens with one attached hydrogen (secondary N) is 2. The largest absolute Gasteiger partial charge is 0.324 e. The quantitative estimate of drug-likeness (QED) is 0.327. The highest BCUT2D eigenvalue weighted by molar-refractivity contribution is 7.99. The molecule has 0 aliphatic carbocycles. The topological polar surface area (TPSA) is 61.0 Å². The second-order valence-corrected chi connectivity index (χ2v) is 8.33.